The minimum absolute atomic E-state index is 0.231. The molecule has 0 aliphatic carbocycles. The zero-order valence-corrected chi connectivity index (χ0v) is 9.41. The summed E-state index contributed by atoms with van der Waals surface area (Å²) in [7, 11) is 0. The molecule has 0 aliphatic rings. The van der Waals surface area contributed by atoms with Gasteiger partial charge >= 0.3 is 0 Å². The van der Waals surface area contributed by atoms with Crippen molar-refractivity contribution >= 4 is 11.6 Å². The molecule has 0 atom stereocenters. The number of rotatable bonds is 7. The van der Waals surface area contributed by atoms with Gasteiger partial charge < -0.3 is 15.2 Å². The van der Waals surface area contributed by atoms with Gasteiger partial charge in [-0.05, 0) is 18.2 Å². The molecule has 0 fully saturated rings. The molecule has 0 amide bonds. The Labute approximate surface area is 95.0 Å². The third kappa shape index (κ3) is 5.62. The van der Waals surface area contributed by atoms with E-state index in [2.05, 4.69) is 5.32 Å². The van der Waals surface area contributed by atoms with Gasteiger partial charge in [0.25, 0.3) is 0 Å². The van der Waals surface area contributed by atoms with Crippen molar-refractivity contribution in [1.82, 2.24) is 0 Å². The van der Waals surface area contributed by atoms with E-state index in [1.807, 2.05) is 18.2 Å². The van der Waals surface area contributed by atoms with E-state index in [0.717, 1.165) is 25.3 Å². The normalized spacial score (nSPS) is 10.3. The molecule has 3 nitrogen and oxygen atoms in total. The highest BCUT2D eigenvalue weighted by molar-refractivity contribution is 6.30. The van der Waals surface area contributed by atoms with Crippen molar-refractivity contribution in [3.63, 3.8) is 0 Å². The number of halogens is 1. The van der Waals surface area contributed by atoms with E-state index in [-0.39, 0.29) is 6.61 Å². The van der Waals surface area contributed by atoms with E-state index in [4.69, 9.17) is 21.4 Å². The zero-order valence-electron chi connectivity index (χ0n) is 8.66. The lowest BCUT2D eigenvalue weighted by Crippen LogP contribution is -2.85. The average molecular weight is 231 g/mol. The van der Waals surface area contributed by atoms with Crippen LogP contribution in [0.1, 0.15) is 6.42 Å². The molecular weight excluding hydrogens is 214 g/mol. The quantitative estimate of drug-likeness (QED) is 0.677. The van der Waals surface area contributed by atoms with Gasteiger partial charge in [0.05, 0.1) is 26.3 Å². The van der Waals surface area contributed by atoms with E-state index in [0.29, 0.717) is 11.6 Å². The molecule has 0 aromatic heterocycles. The first-order valence-corrected chi connectivity index (χ1v) is 5.51. The fourth-order valence-electron chi connectivity index (χ4n) is 1.21. The summed E-state index contributed by atoms with van der Waals surface area (Å²) in [5.41, 5.74) is 0. The average Bonchev–Trinajstić information content (AvgIpc) is 2.23. The molecule has 1 aromatic rings. The lowest BCUT2D eigenvalue weighted by Gasteiger charge is -2.05. The van der Waals surface area contributed by atoms with Gasteiger partial charge in [0.1, 0.15) is 5.75 Å². The number of nitrogens with two attached hydrogens (primary N) is 1. The van der Waals surface area contributed by atoms with Crippen LogP contribution in [0.2, 0.25) is 5.02 Å². The van der Waals surface area contributed by atoms with Crippen LogP contribution in [-0.4, -0.2) is 31.4 Å². The molecular formula is C11H17ClNO2+. The maximum Gasteiger partial charge on any atom is 0.120 e. The number of aliphatic hydroxyl groups excluding tert-OH is 1. The molecule has 0 bridgehead atoms. The monoisotopic (exact) mass is 230 g/mol. The standard InChI is InChI=1S/C11H16ClNO2/c12-10-3-1-4-11(9-10)15-8-2-5-13-6-7-14/h1,3-4,9,13-14H,2,5-8H2/p+1. The molecule has 15 heavy (non-hydrogen) atoms. The summed E-state index contributed by atoms with van der Waals surface area (Å²) in [5.74, 6) is 0.810. The second-order valence-corrected chi connectivity index (χ2v) is 3.69. The maximum absolute atomic E-state index is 8.55. The lowest BCUT2D eigenvalue weighted by atomic mass is 10.3. The minimum Gasteiger partial charge on any atom is -0.493 e. The Hall–Kier alpha value is -0.770. The van der Waals surface area contributed by atoms with Gasteiger partial charge in [-0.1, -0.05) is 17.7 Å². The number of hydrogen-bond acceptors (Lipinski definition) is 2. The number of quaternary nitrogens is 1. The fraction of sp³-hybridized carbons (Fsp3) is 0.455. The minimum atomic E-state index is 0.231. The topological polar surface area (TPSA) is 46.1 Å². The van der Waals surface area contributed by atoms with E-state index in [9.17, 15) is 0 Å². The predicted octanol–water partition coefficient (Wildman–Crippen LogP) is 0.665. The van der Waals surface area contributed by atoms with Crippen LogP contribution in [0.15, 0.2) is 24.3 Å². The van der Waals surface area contributed by atoms with Gasteiger partial charge in [-0.25, -0.2) is 0 Å². The largest absolute Gasteiger partial charge is 0.493 e. The molecule has 0 heterocycles. The van der Waals surface area contributed by atoms with Crippen molar-refractivity contribution in [2.75, 3.05) is 26.3 Å². The van der Waals surface area contributed by atoms with Gasteiger partial charge in [-0.15, -0.1) is 0 Å². The summed E-state index contributed by atoms with van der Waals surface area (Å²) < 4.78 is 5.50. The number of benzene rings is 1. The van der Waals surface area contributed by atoms with Crippen LogP contribution >= 0.6 is 11.6 Å². The molecule has 0 radical (unpaired) electrons. The molecule has 0 saturated heterocycles. The second-order valence-electron chi connectivity index (χ2n) is 3.25. The Morgan fingerprint density at radius 2 is 2.20 bits per heavy atom. The summed E-state index contributed by atoms with van der Waals surface area (Å²) in [5, 5.41) is 11.3. The Bertz CT molecular complexity index is 281. The SMILES string of the molecule is OCC[NH2+]CCCOc1cccc(Cl)c1. The van der Waals surface area contributed by atoms with Crippen LogP contribution in [-0.2, 0) is 0 Å². The van der Waals surface area contributed by atoms with Crippen molar-refractivity contribution in [3.8, 4) is 5.75 Å². The van der Waals surface area contributed by atoms with E-state index >= 15 is 0 Å². The molecule has 0 spiro atoms. The van der Waals surface area contributed by atoms with Crippen molar-refractivity contribution in [3.05, 3.63) is 29.3 Å². The summed E-state index contributed by atoms with van der Waals surface area (Å²) >= 11 is 5.81. The number of hydrogen-bond donors (Lipinski definition) is 2. The second kappa shape index (κ2) is 7.51. The molecule has 1 aromatic carbocycles. The molecule has 4 heteroatoms. The Morgan fingerprint density at radius 3 is 2.93 bits per heavy atom. The summed E-state index contributed by atoms with van der Waals surface area (Å²) in [6, 6.07) is 7.39. The highest BCUT2D eigenvalue weighted by Gasteiger charge is 1.95. The van der Waals surface area contributed by atoms with E-state index in [1.54, 1.807) is 6.07 Å². The molecule has 0 aliphatic heterocycles. The first-order valence-electron chi connectivity index (χ1n) is 5.14. The first-order chi connectivity index (χ1) is 7.33. The highest BCUT2D eigenvalue weighted by atomic mass is 35.5. The molecule has 0 unspecified atom stereocenters. The Morgan fingerprint density at radius 1 is 1.33 bits per heavy atom. The Balaban J connectivity index is 2.10. The van der Waals surface area contributed by atoms with E-state index < -0.39 is 0 Å². The maximum atomic E-state index is 8.55. The first kappa shape index (κ1) is 12.3. The van der Waals surface area contributed by atoms with Gasteiger partial charge in [0.2, 0.25) is 0 Å². The Kier molecular flexibility index (Phi) is 6.16. The summed E-state index contributed by atoms with van der Waals surface area (Å²) in [4.78, 5) is 0. The smallest absolute Gasteiger partial charge is 0.120 e. The van der Waals surface area contributed by atoms with Gasteiger partial charge in [0, 0.05) is 11.4 Å². The summed E-state index contributed by atoms with van der Waals surface area (Å²) in [6.07, 6.45) is 0.965. The summed E-state index contributed by atoms with van der Waals surface area (Å²) in [6.45, 7) is 2.65. The van der Waals surface area contributed by atoms with Gasteiger partial charge in [-0.2, -0.15) is 0 Å². The van der Waals surface area contributed by atoms with Crippen LogP contribution in [0.3, 0.4) is 0 Å². The molecule has 1 rings (SSSR count). The van der Waals surface area contributed by atoms with Crippen LogP contribution in [0.5, 0.6) is 5.75 Å². The molecule has 84 valence electrons. The van der Waals surface area contributed by atoms with Crippen LogP contribution in [0, 0.1) is 0 Å². The fourth-order valence-corrected chi connectivity index (χ4v) is 1.39. The highest BCUT2D eigenvalue weighted by Crippen LogP contribution is 2.16. The lowest BCUT2D eigenvalue weighted by molar-refractivity contribution is -0.656. The third-order valence-corrected chi connectivity index (χ3v) is 2.19. The van der Waals surface area contributed by atoms with Crippen molar-refractivity contribution in [2.24, 2.45) is 0 Å². The van der Waals surface area contributed by atoms with Crippen LogP contribution in [0.4, 0.5) is 0 Å². The van der Waals surface area contributed by atoms with Crippen LogP contribution < -0.4 is 10.1 Å². The van der Waals surface area contributed by atoms with Crippen molar-refractivity contribution in [1.29, 1.82) is 0 Å². The number of ether oxygens (including phenoxy) is 1. The van der Waals surface area contributed by atoms with Crippen molar-refractivity contribution < 1.29 is 15.2 Å². The third-order valence-electron chi connectivity index (χ3n) is 1.95. The predicted molar refractivity (Wildman–Crippen MR) is 60.3 cm³/mol. The number of aliphatic hydroxyl groups is 1. The van der Waals surface area contributed by atoms with Gasteiger partial charge in [-0.3, -0.25) is 0 Å². The van der Waals surface area contributed by atoms with Crippen molar-refractivity contribution in [2.45, 2.75) is 6.42 Å². The molecule has 0 saturated carbocycles. The molecule has 3 N–H and O–H groups in total. The van der Waals surface area contributed by atoms with Gasteiger partial charge in [0.15, 0.2) is 0 Å². The zero-order chi connectivity index (χ0) is 10.9. The van der Waals surface area contributed by atoms with Crippen LogP contribution in [0.25, 0.3) is 0 Å². The van der Waals surface area contributed by atoms with E-state index in [1.165, 1.54) is 0 Å².